The molecule has 0 heterocycles. The van der Waals surface area contributed by atoms with E-state index in [-0.39, 0.29) is 35.2 Å². The van der Waals surface area contributed by atoms with Gasteiger partial charge >= 0.3 is 0 Å². The van der Waals surface area contributed by atoms with Crippen LogP contribution in [-0.4, -0.2) is 43.7 Å². The number of carbonyl (C=O) groups is 2. The van der Waals surface area contributed by atoms with Crippen molar-refractivity contribution in [2.45, 2.75) is 62.5 Å². The van der Waals surface area contributed by atoms with Crippen molar-refractivity contribution in [2.24, 2.45) is 28.6 Å². The monoisotopic (exact) mass is 470 g/mol. The van der Waals surface area contributed by atoms with Gasteiger partial charge in [0.2, 0.25) is 0 Å². The number of rotatable bonds is 2. The lowest BCUT2D eigenvalue weighted by Crippen LogP contribution is -2.68. The van der Waals surface area contributed by atoms with Crippen molar-refractivity contribution in [1.82, 2.24) is 0 Å². The number of hydrogen-bond acceptors (Lipinski definition) is 4. The van der Waals surface area contributed by atoms with Crippen LogP contribution in [0.4, 0.5) is 0 Å². The van der Waals surface area contributed by atoms with Crippen molar-refractivity contribution in [3.05, 3.63) is 23.8 Å². The summed E-state index contributed by atoms with van der Waals surface area (Å²) in [5, 5.41) is 23.0. The Morgan fingerprint density at radius 1 is 1.36 bits per heavy atom. The molecule has 8 atom stereocenters. The molecule has 0 saturated heterocycles. The third-order valence-corrected chi connectivity index (χ3v) is 11.0. The molecule has 0 amide bonds. The zero-order valence-electron chi connectivity index (χ0n) is 16.5. The second kappa shape index (κ2) is 6.26. The smallest absolute Gasteiger partial charge is 0.179 e. The lowest BCUT2D eigenvalue weighted by molar-refractivity contribution is -0.173. The van der Waals surface area contributed by atoms with E-state index in [9.17, 15) is 19.8 Å². The Bertz CT molecular complexity index is 808. The molecular formula is C22H28BrClO4. The van der Waals surface area contributed by atoms with E-state index >= 15 is 0 Å². The minimum Gasteiger partial charge on any atom is -0.392 e. The Morgan fingerprint density at radius 3 is 2.68 bits per heavy atom. The lowest BCUT2D eigenvalue weighted by Gasteiger charge is -2.64. The van der Waals surface area contributed by atoms with Crippen LogP contribution in [0.25, 0.3) is 0 Å². The normalized spacial score (nSPS) is 52.5. The Kier molecular flexibility index (Phi) is 4.64. The molecule has 4 rings (SSSR count). The van der Waals surface area contributed by atoms with E-state index in [0.29, 0.717) is 6.42 Å². The van der Waals surface area contributed by atoms with E-state index in [1.165, 1.54) is 0 Å². The van der Waals surface area contributed by atoms with Crippen LogP contribution in [0.3, 0.4) is 0 Å². The fourth-order valence-corrected chi connectivity index (χ4v) is 8.54. The number of allylic oxidation sites excluding steroid dienone is 4. The number of ketones is 2. The maximum atomic E-state index is 12.7. The van der Waals surface area contributed by atoms with Gasteiger partial charge < -0.3 is 10.2 Å². The Balaban J connectivity index is 1.84. The van der Waals surface area contributed by atoms with Crippen molar-refractivity contribution in [1.29, 1.82) is 0 Å². The molecule has 0 bridgehead atoms. The Labute approximate surface area is 179 Å². The van der Waals surface area contributed by atoms with Crippen LogP contribution >= 0.6 is 27.5 Å². The molecule has 0 unspecified atom stereocenters. The molecule has 0 aliphatic heterocycles. The number of hydrogen-bond donors (Lipinski definition) is 2. The Hall–Kier alpha value is -0.490. The zero-order valence-corrected chi connectivity index (χ0v) is 18.9. The van der Waals surface area contributed by atoms with Gasteiger partial charge in [-0.3, -0.25) is 9.59 Å². The van der Waals surface area contributed by atoms with Gasteiger partial charge in [-0.1, -0.05) is 48.4 Å². The second-order valence-corrected chi connectivity index (χ2v) is 11.3. The van der Waals surface area contributed by atoms with E-state index in [0.717, 1.165) is 24.8 Å². The van der Waals surface area contributed by atoms with Gasteiger partial charge in [0.1, 0.15) is 5.60 Å². The van der Waals surface area contributed by atoms with Crippen molar-refractivity contribution < 1.29 is 19.8 Å². The molecule has 0 aromatic heterocycles. The first-order valence-corrected chi connectivity index (χ1v) is 11.4. The quantitative estimate of drug-likeness (QED) is 0.604. The van der Waals surface area contributed by atoms with Crippen LogP contribution < -0.4 is 0 Å². The molecule has 6 heteroatoms. The molecule has 0 spiro atoms. The molecule has 2 N–H and O–H groups in total. The molecule has 154 valence electrons. The molecule has 0 aromatic rings. The average molecular weight is 472 g/mol. The summed E-state index contributed by atoms with van der Waals surface area (Å²) in [6.07, 6.45) is 7.09. The molecular weight excluding hydrogens is 444 g/mol. The van der Waals surface area contributed by atoms with Crippen LogP contribution in [0, 0.1) is 28.6 Å². The number of halogens is 2. The van der Waals surface area contributed by atoms with Crippen LogP contribution in [0.1, 0.15) is 46.5 Å². The van der Waals surface area contributed by atoms with Gasteiger partial charge in [-0.15, -0.1) is 11.6 Å². The molecule has 4 aliphatic carbocycles. The van der Waals surface area contributed by atoms with Gasteiger partial charge in [-0.05, 0) is 55.6 Å². The zero-order chi connectivity index (χ0) is 20.7. The first-order chi connectivity index (χ1) is 13.0. The van der Waals surface area contributed by atoms with Crippen LogP contribution in [0.15, 0.2) is 23.8 Å². The molecule has 4 aliphatic rings. The predicted octanol–water partition coefficient (Wildman–Crippen LogP) is 3.57. The number of fused-ring (bicyclic) bond motifs is 5. The van der Waals surface area contributed by atoms with Crippen LogP contribution in [-0.2, 0) is 9.59 Å². The number of aliphatic hydroxyl groups is 2. The van der Waals surface area contributed by atoms with Crippen molar-refractivity contribution in [3.8, 4) is 0 Å². The molecule has 0 radical (unpaired) electrons. The van der Waals surface area contributed by atoms with Gasteiger partial charge in [-0.25, -0.2) is 0 Å². The van der Waals surface area contributed by atoms with Gasteiger partial charge in [0.25, 0.3) is 0 Å². The molecule has 28 heavy (non-hydrogen) atoms. The third-order valence-electron chi connectivity index (χ3n) is 8.77. The number of aliphatic hydroxyl groups excluding tert-OH is 1. The highest BCUT2D eigenvalue weighted by Gasteiger charge is 2.74. The summed E-state index contributed by atoms with van der Waals surface area (Å²) in [5.41, 5.74) is -1.69. The summed E-state index contributed by atoms with van der Waals surface area (Å²) in [4.78, 5) is 24.7. The standard InChI is InChI=1S/C22H28BrClO4/c1-12-8-16-15-5-4-13-9-14(25)6-7-19(13,2)21(15,23)17(26)10-20(16,3)22(12,28)18(27)11-24/h6-7,9,12,15-17,26,28H,4-5,8,10-11H2,1-3H3/t12-,15+,16+,17+,19+,20+,21+,22+/m1/s1. The van der Waals surface area contributed by atoms with Gasteiger partial charge in [0.05, 0.1) is 16.3 Å². The first-order valence-electron chi connectivity index (χ1n) is 10.1. The number of alkyl halides is 2. The van der Waals surface area contributed by atoms with Crippen molar-refractivity contribution in [3.63, 3.8) is 0 Å². The lowest BCUT2D eigenvalue weighted by atomic mass is 9.46. The summed E-state index contributed by atoms with van der Waals surface area (Å²) in [5.74, 6) is -0.643. The second-order valence-electron chi connectivity index (χ2n) is 9.72. The summed E-state index contributed by atoms with van der Waals surface area (Å²) >= 11 is 9.86. The fourth-order valence-electron chi connectivity index (χ4n) is 7.24. The van der Waals surface area contributed by atoms with E-state index in [4.69, 9.17) is 11.6 Å². The topological polar surface area (TPSA) is 74.6 Å². The highest BCUT2D eigenvalue weighted by Crippen LogP contribution is 2.71. The van der Waals surface area contributed by atoms with Gasteiger partial charge in [-0.2, -0.15) is 0 Å². The predicted molar refractivity (Wildman–Crippen MR) is 111 cm³/mol. The summed E-state index contributed by atoms with van der Waals surface area (Å²) in [7, 11) is 0. The minimum atomic E-state index is -1.52. The summed E-state index contributed by atoms with van der Waals surface area (Å²) < 4.78 is -0.638. The van der Waals surface area contributed by atoms with E-state index < -0.39 is 26.9 Å². The highest BCUT2D eigenvalue weighted by molar-refractivity contribution is 9.10. The minimum absolute atomic E-state index is 0.00580. The Morgan fingerprint density at radius 2 is 2.04 bits per heavy atom. The molecule has 4 nitrogen and oxygen atoms in total. The van der Waals surface area contributed by atoms with Crippen molar-refractivity contribution >= 4 is 39.1 Å². The maximum Gasteiger partial charge on any atom is 0.179 e. The van der Waals surface area contributed by atoms with Gasteiger partial charge in [0, 0.05) is 10.8 Å². The SMILES string of the molecule is C[C@@H]1C[C@H]2[C@@H]3CCC4=CC(=O)C=C[C@]4(C)[C@@]3(Br)[C@@H](O)C[C@]2(C)[C@@]1(O)C(=O)CCl. The highest BCUT2D eigenvalue weighted by atomic mass is 79.9. The van der Waals surface area contributed by atoms with E-state index in [2.05, 4.69) is 22.9 Å². The molecule has 0 aromatic carbocycles. The molecule has 3 fully saturated rings. The van der Waals surface area contributed by atoms with Crippen molar-refractivity contribution in [2.75, 3.05) is 5.88 Å². The van der Waals surface area contributed by atoms with E-state index in [1.54, 1.807) is 12.2 Å². The summed E-state index contributed by atoms with van der Waals surface area (Å²) in [6.45, 7) is 5.96. The number of Topliss-reactive ketones (excluding diaryl/α,β-unsaturated/α-hetero) is 1. The van der Waals surface area contributed by atoms with Crippen LogP contribution in [0.2, 0.25) is 0 Å². The largest absolute Gasteiger partial charge is 0.392 e. The summed E-state index contributed by atoms with van der Waals surface area (Å²) in [6, 6.07) is 0. The van der Waals surface area contributed by atoms with E-state index in [1.807, 2.05) is 19.9 Å². The van der Waals surface area contributed by atoms with Crippen LogP contribution in [0.5, 0.6) is 0 Å². The van der Waals surface area contributed by atoms with Gasteiger partial charge in [0.15, 0.2) is 11.6 Å². The maximum absolute atomic E-state index is 12.7. The number of carbonyl (C=O) groups excluding carboxylic acids is 2. The average Bonchev–Trinajstić information content (AvgIpc) is 2.84. The molecule has 3 saturated carbocycles. The third kappa shape index (κ3) is 2.20. The first kappa shape index (κ1) is 20.8. The fraction of sp³-hybridized carbons (Fsp3) is 0.727.